The standard InChI is InChI=1S/C47H31N5O/c1-47(2)38-23-20-31(52-40-16-8-6-13-33(40)36-15-10-24-48-46(36)52)27-37(38)32-21-18-29(25-39(32)47)44-49-43(28-11-4-3-5-12-28)50-45(51-44)30-19-22-35-34-14-7-9-17-41(34)53-42(35)26-30/h3-27H,1-2H3. The third-order valence-electron chi connectivity index (χ3n) is 10.9. The first-order chi connectivity index (χ1) is 26.0. The number of rotatable bonds is 4. The van der Waals surface area contributed by atoms with Crippen LogP contribution in [-0.4, -0.2) is 24.5 Å². The minimum absolute atomic E-state index is 0.233. The first-order valence-corrected chi connectivity index (χ1v) is 17.9. The van der Waals surface area contributed by atoms with Crippen LogP contribution in [0.4, 0.5) is 0 Å². The van der Waals surface area contributed by atoms with E-state index in [0.717, 1.165) is 60.9 Å². The predicted molar refractivity (Wildman–Crippen MR) is 213 cm³/mol. The highest BCUT2D eigenvalue weighted by Gasteiger charge is 2.36. The van der Waals surface area contributed by atoms with Gasteiger partial charge in [0.2, 0.25) is 0 Å². The number of furan rings is 1. The Kier molecular flexibility index (Phi) is 6.20. The Labute approximate surface area is 305 Å². The van der Waals surface area contributed by atoms with E-state index in [9.17, 15) is 0 Å². The van der Waals surface area contributed by atoms with Crippen LogP contribution in [0.15, 0.2) is 156 Å². The fourth-order valence-corrected chi connectivity index (χ4v) is 8.29. The molecule has 0 atom stereocenters. The molecule has 0 spiro atoms. The van der Waals surface area contributed by atoms with Gasteiger partial charge >= 0.3 is 0 Å². The fraction of sp³-hybridized carbons (Fsp3) is 0.0638. The average Bonchev–Trinajstić information content (AvgIpc) is 3.83. The van der Waals surface area contributed by atoms with Crippen molar-refractivity contribution in [3.8, 4) is 51.0 Å². The Balaban J connectivity index is 1.05. The Morgan fingerprint density at radius 2 is 1.17 bits per heavy atom. The lowest BCUT2D eigenvalue weighted by atomic mass is 9.82. The van der Waals surface area contributed by atoms with Crippen LogP contribution in [0.5, 0.6) is 0 Å². The summed E-state index contributed by atoms with van der Waals surface area (Å²) in [4.78, 5) is 20.0. The van der Waals surface area contributed by atoms with Crippen LogP contribution in [0, 0.1) is 0 Å². The summed E-state index contributed by atoms with van der Waals surface area (Å²) in [7, 11) is 0. The molecule has 4 aromatic heterocycles. The third kappa shape index (κ3) is 4.45. The van der Waals surface area contributed by atoms with Gasteiger partial charge < -0.3 is 4.42 Å². The lowest BCUT2D eigenvalue weighted by Gasteiger charge is -2.22. The largest absolute Gasteiger partial charge is 0.456 e. The van der Waals surface area contributed by atoms with E-state index in [4.69, 9.17) is 24.4 Å². The zero-order valence-electron chi connectivity index (χ0n) is 29.1. The number of aromatic nitrogens is 5. The molecule has 0 N–H and O–H groups in total. The molecule has 0 aliphatic heterocycles. The third-order valence-corrected chi connectivity index (χ3v) is 10.9. The first-order valence-electron chi connectivity index (χ1n) is 17.9. The Morgan fingerprint density at radius 3 is 2.02 bits per heavy atom. The van der Waals surface area contributed by atoms with Gasteiger partial charge in [0, 0.05) is 55.5 Å². The summed E-state index contributed by atoms with van der Waals surface area (Å²) in [6.07, 6.45) is 1.87. The molecule has 1 aliphatic rings. The minimum Gasteiger partial charge on any atom is -0.456 e. The zero-order chi connectivity index (χ0) is 35.3. The van der Waals surface area contributed by atoms with Gasteiger partial charge in [-0.1, -0.05) is 105 Å². The number of para-hydroxylation sites is 2. The van der Waals surface area contributed by atoms with Gasteiger partial charge in [0.15, 0.2) is 17.5 Å². The molecule has 4 heterocycles. The smallest absolute Gasteiger partial charge is 0.164 e. The molecule has 0 fully saturated rings. The summed E-state index contributed by atoms with van der Waals surface area (Å²) in [6.45, 7) is 4.61. The molecule has 6 nitrogen and oxygen atoms in total. The highest BCUT2D eigenvalue weighted by atomic mass is 16.3. The summed E-state index contributed by atoms with van der Waals surface area (Å²) >= 11 is 0. The van der Waals surface area contributed by atoms with E-state index in [1.165, 1.54) is 27.6 Å². The Bertz CT molecular complexity index is 3050. The molecule has 0 saturated carbocycles. The monoisotopic (exact) mass is 681 g/mol. The summed E-state index contributed by atoms with van der Waals surface area (Å²) < 4.78 is 8.53. The van der Waals surface area contributed by atoms with Gasteiger partial charge in [-0.05, 0) is 76.9 Å². The maximum Gasteiger partial charge on any atom is 0.164 e. The summed E-state index contributed by atoms with van der Waals surface area (Å²) in [6, 6.07) is 50.6. The van der Waals surface area contributed by atoms with E-state index >= 15 is 0 Å². The molecule has 0 saturated heterocycles. The number of fused-ring (bicyclic) bond motifs is 9. The van der Waals surface area contributed by atoms with Crippen molar-refractivity contribution in [2.45, 2.75) is 19.3 Å². The van der Waals surface area contributed by atoms with E-state index in [0.29, 0.717) is 17.5 Å². The van der Waals surface area contributed by atoms with Crippen LogP contribution in [0.2, 0.25) is 0 Å². The quantitative estimate of drug-likeness (QED) is 0.185. The van der Waals surface area contributed by atoms with Gasteiger partial charge in [-0.15, -0.1) is 0 Å². The molecular formula is C47H31N5O. The van der Waals surface area contributed by atoms with Gasteiger partial charge in [-0.25, -0.2) is 19.9 Å². The van der Waals surface area contributed by atoms with Gasteiger partial charge in [0.1, 0.15) is 16.8 Å². The maximum atomic E-state index is 6.25. The van der Waals surface area contributed by atoms with Crippen LogP contribution in [-0.2, 0) is 5.41 Å². The highest BCUT2D eigenvalue weighted by molar-refractivity contribution is 6.08. The highest BCUT2D eigenvalue weighted by Crippen LogP contribution is 2.50. The van der Waals surface area contributed by atoms with Crippen LogP contribution in [0.25, 0.3) is 94.9 Å². The molecule has 53 heavy (non-hydrogen) atoms. The van der Waals surface area contributed by atoms with Crippen molar-refractivity contribution in [1.82, 2.24) is 24.5 Å². The predicted octanol–water partition coefficient (Wildman–Crippen LogP) is 11.6. The molecule has 250 valence electrons. The lowest BCUT2D eigenvalue weighted by Crippen LogP contribution is -2.15. The first kappa shape index (κ1) is 29.8. The number of nitrogens with zero attached hydrogens (tertiary/aromatic N) is 5. The molecule has 6 heteroatoms. The van der Waals surface area contributed by atoms with E-state index in [-0.39, 0.29) is 5.41 Å². The van der Waals surface area contributed by atoms with Crippen LogP contribution < -0.4 is 0 Å². The molecule has 6 aromatic carbocycles. The average molecular weight is 682 g/mol. The van der Waals surface area contributed by atoms with Crippen LogP contribution in [0.3, 0.4) is 0 Å². The molecule has 0 bridgehead atoms. The second kappa shape index (κ2) is 11.0. The summed E-state index contributed by atoms with van der Waals surface area (Å²) in [5, 5.41) is 4.51. The lowest BCUT2D eigenvalue weighted by molar-refractivity contribution is 0.660. The molecule has 0 unspecified atom stereocenters. The van der Waals surface area contributed by atoms with Crippen molar-refractivity contribution < 1.29 is 4.42 Å². The van der Waals surface area contributed by atoms with Crippen molar-refractivity contribution in [1.29, 1.82) is 0 Å². The van der Waals surface area contributed by atoms with Gasteiger partial charge in [0.05, 0.1) is 5.52 Å². The van der Waals surface area contributed by atoms with E-state index in [1.54, 1.807) is 0 Å². The number of pyridine rings is 1. The zero-order valence-corrected chi connectivity index (χ0v) is 29.1. The fourth-order valence-electron chi connectivity index (χ4n) is 8.29. The molecule has 10 aromatic rings. The topological polar surface area (TPSA) is 69.6 Å². The van der Waals surface area contributed by atoms with Gasteiger partial charge in [-0.2, -0.15) is 0 Å². The molecule has 1 aliphatic carbocycles. The normalized spacial score (nSPS) is 13.2. The molecule has 0 radical (unpaired) electrons. The summed E-state index contributed by atoms with van der Waals surface area (Å²) in [5.41, 5.74) is 12.4. The minimum atomic E-state index is -0.233. The summed E-state index contributed by atoms with van der Waals surface area (Å²) in [5.74, 6) is 1.86. The van der Waals surface area contributed by atoms with Crippen molar-refractivity contribution in [3.63, 3.8) is 0 Å². The van der Waals surface area contributed by atoms with E-state index in [1.807, 2.05) is 66.9 Å². The van der Waals surface area contributed by atoms with Crippen molar-refractivity contribution in [2.75, 3.05) is 0 Å². The number of hydrogen-bond donors (Lipinski definition) is 0. The van der Waals surface area contributed by atoms with Crippen molar-refractivity contribution in [2.24, 2.45) is 0 Å². The molecule has 11 rings (SSSR count). The van der Waals surface area contributed by atoms with Crippen molar-refractivity contribution in [3.05, 3.63) is 163 Å². The van der Waals surface area contributed by atoms with E-state index in [2.05, 4.69) is 103 Å². The van der Waals surface area contributed by atoms with E-state index < -0.39 is 0 Å². The SMILES string of the molecule is CC1(C)c2ccc(-n3c4ccccc4c4cccnc43)cc2-c2ccc(-c3nc(-c4ccccc4)nc(-c4ccc5c(c4)oc4ccccc45)n3)cc21. The maximum absolute atomic E-state index is 6.25. The molecule has 0 amide bonds. The second-order valence-corrected chi connectivity index (χ2v) is 14.3. The molecular weight excluding hydrogens is 651 g/mol. The Hall–Kier alpha value is -6.92. The number of benzene rings is 6. The van der Waals surface area contributed by atoms with Gasteiger partial charge in [0.25, 0.3) is 0 Å². The number of hydrogen-bond acceptors (Lipinski definition) is 5. The van der Waals surface area contributed by atoms with Crippen molar-refractivity contribution >= 4 is 43.9 Å². The Morgan fingerprint density at radius 1 is 0.491 bits per heavy atom. The van der Waals surface area contributed by atoms with Crippen LogP contribution in [0.1, 0.15) is 25.0 Å². The van der Waals surface area contributed by atoms with Gasteiger partial charge in [-0.3, -0.25) is 4.57 Å². The van der Waals surface area contributed by atoms with Crippen LogP contribution >= 0.6 is 0 Å². The second-order valence-electron chi connectivity index (χ2n) is 14.3.